The number of rotatable bonds is 3. The van der Waals surface area contributed by atoms with Crippen LogP contribution in [0.25, 0.3) is 10.9 Å². The summed E-state index contributed by atoms with van der Waals surface area (Å²) in [7, 11) is 0. The molecule has 3 N–H and O–H groups in total. The summed E-state index contributed by atoms with van der Waals surface area (Å²) in [4.78, 5) is 8.57. The molecule has 20 heavy (non-hydrogen) atoms. The molecule has 0 aliphatic rings. The van der Waals surface area contributed by atoms with E-state index in [-0.39, 0.29) is 12.0 Å². The van der Waals surface area contributed by atoms with Gasteiger partial charge in [-0.05, 0) is 24.6 Å². The van der Waals surface area contributed by atoms with Gasteiger partial charge in [-0.1, -0.05) is 42.5 Å². The van der Waals surface area contributed by atoms with Crippen molar-refractivity contribution in [3.63, 3.8) is 0 Å². The number of fused-ring (bicyclic) bond motifs is 1. The smallest absolute Gasteiger partial charge is 0.222 e. The molecule has 3 aromatic rings. The fourth-order valence-corrected chi connectivity index (χ4v) is 2.23. The quantitative estimate of drug-likeness (QED) is 0.761. The van der Waals surface area contributed by atoms with Gasteiger partial charge in [0.05, 0.1) is 5.52 Å². The van der Waals surface area contributed by atoms with E-state index in [0.717, 1.165) is 16.7 Å². The molecule has 0 aliphatic carbocycles. The van der Waals surface area contributed by atoms with Crippen LogP contribution < -0.4 is 11.1 Å². The Morgan fingerprint density at radius 3 is 2.45 bits per heavy atom. The van der Waals surface area contributed by atoms with Crippen LogP contribution in [-0.4, -0.2) is 9.97 Å². The Bertz CT molecular complexity index is 725. The topological polar surface area (TPSA) is 63.8 Å². The second-order valence-corrected chi connectivity index (χ2v) is 4.72. The molecule has 4 nitrogen and oxygen atoms in total. The molecule has 0 radical (unpaired) electrons. The third-order valence-corrected chi connectivity index (χ3v) is 3.27. The van der Waals surface area contributed by atoms with Crippen molar-refractivity contribution in [2.24, 2.45) is 0 Å². The van der Waals surface area contributed by atoms with Crippen molar-refractivity contribution in [2.75, 3.05) is 11.1 Å². The van der Waals surface area contributed by atoms with Crippen LogP contribution in [0.4, 0.5) is 11.8 Å². The Labute approximate surface area is 117 Å². The fourth-order valence-electron chi connectivity index (χ4n) is 2.23. The van der Waals surface area contributed by atoms with E-state index in [1.807, 2.05) is 42.5 Å². The number of anilines is 2. The van der Waals surface area contributed by atoms with E-state index >= 15 is 0 Å². The molecule has 0 bridgehead atoms. The number of benzene rings is 2. The maximum Gasteiger partial charge on any atom is 0.222 e. The monoisotopic (exact) mass is 264 g/mol. The lowest BCUT2D eigenvalue weighted by Crippen LogP contribution is -2.10. The van der Waals surface area contributed by atoms with Crippen molar-refractivity contribution in [1.82, 2.24) is 9.97 Å². The molecule has 100 valence electrons. The van der Waals surface area contributed by atoms with Crippen LogP contribution >= 0.6 is 0 Å². The molecule has 1 unspecified atom stereocenters. The third-order valence-electron chi connectivity index (χ3n) is 3.27. The van der Waals surface area contributed by atoms with Gasteiger partial charge in [0.25, 0.3) is 0 Å². The standard InChI is InChI=1S/C16H16N4/c1-11(12-7-3-2-4-8-12)18-15-13-9-5-6-10-14(13)19-16(17)20-15/h2-11H,1H3,(H3,17,18,19,20). The molecule has 0 spiro atoms. The zero-order valence-corrected chi connectivity index (χ0v) is 11.2. The number of hydrogen-bond donors (Lipinski definition) is 2. The number of nitrogens with two attached hydrogens (primary N) is 1. The maximum atomic E-state index is 5.78. The molecule has 4 heteroatoms. The van der Waals surface area contributed by atoms with E-state index in [1.165, 1.54) is 5.56 Å². The molecule has 0 saturated heterocycles. The SMILES string of the molecule is CC(Nc1nc(N)nc2ccccc12)c1ccccc1. The number of aromatic nitrogens is 2. The highest BCUT2D eigenvalue weighted by atomic mass is 15.1. The Kier molecular flexibility index (Phi) is 3.21. The lowest BCUT2D eigenvalue weighted by molar-refractivity contribution is 0.877. The first-order chi connectivity index (χ1) is 9.74. The average molecular weight is 264 g/mol. The van der Waals surface area contributed by atoms with Crippen LogP contribution in [0.3, 0.4) is 0 Å². The maximum absolute atomic E-state index is 5.78. The van der Waals surface area contributed by atoms with Gasteiger partial charge in [-0.25, -0.2) is 4.98 Å². The molecule has 0 amide bonds. The van der Waals surface area contributed by atoms with Gasteiger partial charge in [0, 0.05) is 11.4 Å². The molecule has 0 fully saturated rings. The first kappa shape index (κ1) is 12.4. The molecule has 2 aromatic carbocycles. The number of nitrogens with one attached hydrogen (secondary N) is 1. The second kappa shape index (κ2) is 5.17. The summed E-state index contributed by atoms with van der Waals surface area (Å²) in [5.74, 6) is 1.05. The minimum atomic E-state index is 0.147. The molecule has 1 aromatic heterocycles. The second-order valence-electron chi connectivity index (χ2n) is 4.72. The normalized spacial score (nSPS) is 12.2. The van der Waals surface area contributed by atoms with Crippen LogP contribution in [-0.2, 0) is 0 Å². The van der Waals surface area contributed by atoms with E-state index in [1.54, 1.807) is 0 Å². The molecular formula is C16H16N4. The van der Waals surface area contributed by atoms with Crippen LogP contribution in [0.1, 0.15) is 18.5 Å². The highest BCUT2D eigenvalue weighted by Crippen LogP contribution is 2.25. The molecule has 1 heterocycles. The highest BCUT2D eigenvalue weighted by Gasteiger charge is 2.10. The van der Waals surface area contributed by atoms with Crippen molar-refractivity contribution in [3.05, 3.63) is 60.2 Å². The van der Waals surface area contributed by atoms with Crippen LogP contribution in [0.2, 0.25) is 0 Å². The van der Waals surface area contributed by atoms with Crippen LogP contribution in [0.15, 0.2) is 54.6 Å². The van der Waals surface area contributed by atoms with E-state index in [9.17, 15) is 0 Å². The Hall–Kier alpha value is -2.62. The van der Waals surface area contributed by atoms with Gasteiger partial charge in [-0.15, -0.1) is 0 Å². The zero-order chi connectivity index (χ0) is 13.9. The van der Waals surface area contributed by atoms with E-state index in [4.69, 9.17) is 5.73 Å². The van der Waals surface area contributed by atoms with Gasteiger partial charge in [0.15, 0.2) is 0 Å². The van der Waals surface area contributed by atoms with Crippen LogP contribution in [0.5, 0.6) is 0 Å². The average Bonchev–Trinajstić information content (AvgIpc) is 2.48. The minimum absolute atomic E-state index is 0.147. The van der Waals surface area contributed by atoms with Crippen molar-refractivity contribution in [1.29, 1.82) is 0 Å². The van der Waals surface area contributed by atoms with Gasteiger partial charge >= 0.3 is 0 Å². The third kappa shape index (κ3) is 2.40. The summed E-state index contributed by atoms with van der Waals surface area (Å²) in [5, 5.41) is 4.39. The number of nitrogen functional groups attached to an aromatic ring is 1. The number of para-hydroxylation sites is 1. The minimum Gasteiger partial charge on any atom is -0.368 e. The first-order valence-electron chi connectivity index (χ1n) is 6.58. The van der Waals surface area contributed by atoms with Gasteiger partial charge in [0.1, 0.15) is 5.82 Å². The molecule has 1 atom stereocenters. The van der Waals surface area contributed by atoms with Gasteiger partial charge in [-0.2, -0.15) is 4.98 Å². The summed E-state index contributed by atoms with van der Waals surface area (Å²) < 4.78 is 0. The Morgan fingerprint density at radius 2 is 1.65 bits per heavy atom. The number of hydrogen-bond acceptors (Lipinski definition) is 4. The summed E-state index contributed by atoms with van der Waals surface area (Å²) in [5.41, 5.74) is 7.83. The van der Waals surface area contributed by atoms with Gasteiger partial charge in [-0.3, -0.25) is 0 Å². The first-order valence-corrected chi connectivity index (χ1v) is 6.58. The summed E-state index contributed by atoms with van der Waals surface area (Å²) >= 11 is 0. The largest absolute Gasteiger partial charge is 0.368 e. The van der Waals surface area contributed by atoms with E-state index in [2.05, 4.69) is 34.3 Å². The number of nitrogens with zero attached hydrogens (tertiary/aromatic N) is 2. The van der Waals surface area contributed by atoms with Gasteiger partial charge in [0.2, 0.25) is 5.95 Å². The highest BCUT2D eigenvalue weighted by molar-refractivity contribution is 5.89. The van der Waals surface area contributed by atoms with E-state index < -0.39 is 0 Å². The summed E-state index contributed by atoms with van der Waals surface area (Å²) in [6, 6.07) is 18.2. The molecule has 0 aliphatic heterocycles. The fraction of sp³-hybridized carbons (Fsp3) is 0.125. The predicted molar refractivity (Wildman–Crippen MR) is 82.4 cm³/mol. The zero-order valence-electron chi connectivity index (χ0n) is 11.2. The summed E-state index contributed by atoms with van der Waals surface area (Å²) in [6.45, 7) is 2.10. The van der Waals surface area contributed by atoms with Crippen LogP contribution in [0, 0.1) is 0 Å². The lowest BCUT2D eigenvalue weighted by Gasteiger charge is -2.16. The molecule has 3 rings (SSSR count). The summed E-state index contributed by atoms with van der Waals surface area (Å²) in [6.07, 6.45) is 0. The van der Waals surface area contributed by atoms with Crippen molar-refractivity contribution < 1.29 is 0 Å². The Morgan fingerprint density at radius 1 is 0.950 bits per heavy atom. The van der Waals surface area contributed by atoms with Crippen molar-refractivity contribution >= 4 is 22.7 Å². The molecule has 0 saturated carbocycles. The molecular weight excluding hydrogens is 248 g/mol. The van der Waals surface area contributed by atoms with Gasteiger partial charge < -0.3 is 11.1 Å². The van der Waals surface area contributed by atoms with Crippen molar-refractivity contribution in [3.8, 4) is 0 Å². The van der Waals surface area contributed by atoms with E-state index in [0.29, 0.717) is 0 Å². The predicted octanol–water partition coefficient (Wildman–Crippen LogP) is 3.39. The van der Waals surface area contributed by atoms with Crippen molar-refractivity contribution in [2.45, 2.75) is 13.0 Å². The Balaban J connectivity index is 1.98. The lowest BCUT2D eigenvalue weighted by atomic mass is 10.1.